The summed E-state index contributed by atoms with van der Waals surface area (Å²) >= 11 is 1.89. The Hall–Kier alpha value is -1.34. The Bertz CT molecular complexity index is 752. The lowest BCUT2D eigenvalue weighted by Gasteiger charge is -2.33. The van der Waals surface area contributed by atoms with E-state index < -0.39 is 0 Å². The zero-order chi connectivity index (χ0) is 19.2. The number of halogens is 1. The summed E-state index contributed by atoms with van der Waals surface area (Å²) in [6.45, 7) is 4.46. The second kappa shape index (κ2) is 9.44. The molecule has 6 heteroatoms. The van der Waals surface area contributed by atoms with Crippen LogP contribution in [0, 0.1) is 5.82 Å². The Morgan fingerprint density at radius 1 is 1.11 bits per heavy atom. The summed E-state index contributed by atoms with van der Waals surface area (Å²) in [6, 6.07) is 3.35. The van der Waals surface area contributed by atoms with Gasteiger partial charge in [-0.2, -0.15) is 0 Å². The van der Waals surface area contributed by atoms with Crippen molar-refractivity contribution >= 4 is 11.3 Å². The van der Waals surface area contributed by atoms with Crippen molar-refractivity contribution in [3.05, 3.63) is 51.2 Å². The Labute approximate surface area is 170 Å². The van der Waals surface area contributed by atoms with Crippen LogP contribution < -0.4 is 5.32 Å². The highest BCUT2D eigenvalue weighted by molar-refractivity contribution is 7.10. The maximum Gasteiger partial charge on any atom is 0.141 e. The summed E-state index contributed by atoms with van der Waals surface area (Å²) in [4.78, 5) is 5.93. The maximum absolute atomic E-state index is 13.4. The lowest BCUT2D eigenvalue weighted by Crippen LogP contribution is -2.34. The van der Waals surface area contributed by atoms with Crippen LogP contribution in [-0.2, 0) is 34.3 Å². The van der Waals surface area contributed by atoms with E-state index in [-0.39, 0.29) is 11.2 Å². The van der Waals surface area contributed by atoms with Crippen molar-refractivity contribution in [3.8, 4) is 0 Å². The number of fused-ring (bicyclic) bond motifs is 1. The predicted molar refractivity (Wildman–Crippen MR) is 109 cm³/mol. The van der Waals surface area contributed by atoms with Gasteiger partial charge in [-0.3, -0.25) is 4.98 Å². The van der Waals surface area contributed by atoms with E-state index in [1.165, 1.54) is 36.4 Å². The van der Waals surface area contributed by atoms with E-state index in [4.69, 9.17) is 9.47 Å². The molecular formula is C22H29FN2O2S. The number of hydrogen-bond donors (Lipinski definition) is 1. The molecule has 0 amide bonds. The molecule has 152 valence electrons. The number of ether oxygens (including phenoxy) is 2. The van der Waals surface area contributed by atoms with Gasteiger partial charge in [0.25, 0.3) is 0 Å². The fourth-order valence-corrected chi connectivity index (χ4v) is 5.52. The van der Waals surface area contributed by atoms with Gasteiger partial charge in [-0.05, 0) is 73.7 Å². The predicted octanol–water partition coefficient (Wildman–Crippen LogP) is 4.02. The lowest BCUT2D eigenvalue weighted by molar-refractivity contribution is 0.0584. The highest BCUT2D eigenvalue weighted by Gasteiger charge is 2.33. The smallest absolute Gasteiger partial charge is 0.141 e. The zero-order valence-electron chi connectivity index (χ0n) is 16.3. The second-order valence-electron chi connectivity index (χ2n) is 7.81. The van der Waals surface area contributed by atoms with E-state index in [0.29, 0.717) is 26.4 Å². The van der Waals surface area contributed by atoms with Gasteiger partial charge in [-0.1, -0.05) is 0 Å². The van der Waals surface area contributed by atoms with E-state index in [0.717, 1.165) is 38.0 Å². The number of nitrogens with one attached hydrogen (secondary N) is 1. The van der Waals surface area contributed by atoms with E-state index in [2.05, 4.69) is 15.7 Å². The molecule has 1 saturated heterocycles. The molecule has 0 atom stereocenters. The maximum atomic E-state index is 13.4. The number of aromatic nitrogens is 1. The van der Waals surface area contributed by atoms with E-state index in [1.54, 1.807) is 11.1 Å². The molecule has 2 aromatic heterocycles. The molecule has 1 N–H and O–H groups in total. The minimum absolute atomic E-state index is 0.150. The largest absolute Gasteiger partial charge is 0.379 e. The van der Waals surface area contributed by atoms with Crippen LogP contribution >= 0.6 is 11.3 Å². The first-order valence-corrected chi connectivity index (χ1v) is 11.2. The van der Waals surface area contributed by atoms with Crippen molar-refractivity contribution in [1.82, 2.24) is 10.3 Å². The molecule has 2 aromatic rings. The summed E-state index contributed by atoms with van der Waals surface area (Å²) in [5.41, 5.74) is 3.93. The molecule has 3 heterocycles. The summed E-state index contributed by atoms with van der Waals surface area (Å²) in [6.07, 6.45) is 7.79. The summed E-state index contributed by atoms with van der Waals surface area (Å²) < 4.78 is 24.9. The van der Waals surface area contributed by atoms with Crippen LogP contribution in [-0.4, -0.2) is 38.0 Å². The molecule has 0 saturated carbocycles. The lowest BCUT2D eigenvalue weighted by atomic mass is 9.75. The van der Waals surface area contributed by atoms with E-state index >= 15 is 0 Å². The number of thiophene rings is 1. The second-order valence-corrected chi connectivity index (χ2v) is 8.77. The summed E-state index contributed by atoms with van der Waals surface area (Å²) in [5.74, 6) is -0.292. The average molecular weight is 405 g/mol. The van der Waals surface area contributed by atoms with Crippen LogP contribution in [0.2, 0.25) is 0 Å². The van der Waals surface area contributed by atoms with Gasteiger partial charge < -0.3 is 14.8 Å². The highest BCUT2D eigenvalue weighted by atomic mass is 32.1. The van der Waals surface area contributed by atoms with Crippen molar-refractivity contribution in [1.29, 1.82) is 0 Å². The number of hydrogen-bond acceptors (Lipinski definition) is 5. The SMILES string of the molecule is Fc1ccc(C2(CCNCc3scc4c3CCC4)CCOCCOCC2)nc1. The minimum atomic E-state index is -0.292. The fourth-order valence-electron chi connectivity index (χ4n) is 4.41. The Kier molecular flexibility index (Phi) is 6.73. The van der Waals surface area contributed by atoms with Crippen molar-refractivity contribution in [2.24, 2.45) is 0 Å². The third-order valence-electron chi connectivity index (χ3n) is 6.10. The van der Waals surface area contributed by atoms with Crippen molar-refractivity contribution in [2.45, 2.75) is 50.5 Å². The van der Waals surface area contributed by atoms with Crippen LogP contribution in [0.5, 0.6) is 0 Å². The van der Waals surface area contributed by atoms with E-state index in [1.807, 2.05) is 17.4 Å². The number of aryl methyl sites for hydroxylation is 1. The quantitative estimate of drug-likeness (QED) is 0.739. The molecule has 1 fully saturated rings. The van der Waals surface area contributed by atoms with Crippen molar-refractivity contribution < 1.29 is 13.9 Å². The van der Waals surface area contributed by atoms with Crippen LogP contribution in [0.25, 0.3) is 0 Å². The Balaban J connectivity index is 1.42. The first-order chi connectivity index (χ1) is 13.8. The molecule has 0 aromatic carbocycles. The molecule has 28 heavy (non-hydrogen) atoms. The molecule has 0 radical (unpaired) electrons. The topological polar surface area (TPSA) is 43.4 Å². The molecule has 1 aliphatic carbocycles. The molecule has 4 rings (SSSR count). The van der Waals surface area contributed by atoms with Gasteiger partial charge in [0.2, 0.25) is 0 Å². The molecule has 0 unspecified atom stereocenters. The standard InChI is InChI=1S/C22H29FN2O2S/c23-18-4-5-21(25-14-18)22(7-10-26-12-13-27-11-8-22)6-9-24-15-20-19-3-1-2-17(19)16-28-20/h4-5,14,16,24H,1-3,6-13,15H2. The number of nitrogens with zero attached hydrogens (tertiary/aromatic N) is 1. The van der Waals surface area contributed by atoms with Crippen LogP contribution in [0.4, 0.5) is 4.39 Å². The van der Waals surface area contributed by atoms with Crippen LogP contribution in [0.1, 0.15) is 47.4 Å². The van der Waals surface area contributed by atoms with Gasteiger partial charge in [-0.25, -0.2) is 4.39 Å². The zero-order valence-corrected chi connectivity index (χ0v) is 17.2. The number of pyridine rings is 1. The summed E-state index contributed by atoms with van der Waals surface area (Å²) in [5, 5.41) is 5.98. The van der Waals surface area contributed by atoms with Crippen LogP contribution in [0.15, 0.2) is 23.7 Å². The minimum Gasteiger partial charge on any atom is -0.379 e. The van der Waals surface area contributed by atoms with E-state index in [9.17, 15) is 4.39 Å². The van der Waals surface area contributed by atoms with Gasteiger partial charge in [-0.15, -0.1) is 11.3 Å². The molecule has 0 spiro atoms. The van der Waals surface area contributed by atoms with Gasteiger partial charge in [0.15, 0.2) is 0 Å². The molecule has 2 aliphatic rings. The molecule has 4 nitrogen and oxygen atoms in total. The van der Waals surface area contributed by atoms with Gasteiger partial charge in [0.1, 0.15) is 5.82 Å². The van der Waals surface area contributed by atoms with Gasteiger partial charge in [0, 0.05) is 35.7 Å². The van der Waals surface area contributed by atoms with Crippen LogP contribution in [0.3, 0.4) is 0 Å². The number of rotatable bonds is 6. The third-order valence-corrected chi connectivity index (χ3v) is 7.18. The van der Waals surface area contributed by atoms with Gasteiger partial charge in [0.05, 0.1) is 19.4 Å². The first-order valence-electron chi connectivity index (χ1n) is 10.3. The Morgan fingerprint density at radius 2 is 1.93 bits per heavy atom. The first kappa shape index (κ1) is 20.0. The monoisotopic (exact) mass is 404 g/mol. The van der Waals surface area contributed by atoms with Crippen molar-refractivity contribution in [2.75, 3.05) is 33.0 Å². The molecular weight excluding hydrogens is 375 g/mol. The van der Waals surface area contributed by atoms with Crippen molar-refractivity contribution in [3.63, 3.8) is 0 Å². The normalized spacial score (nSPS) is 19.6. The van der Waals surface area contributed by atoms with Gasteiger partial charge >= 0.3 is 0 Å². The fraction of sp³-hybridized carbons (Fsp3) is 0.591. The molecule has 1 aliphatic heterocycles. The third kappa shape index (κ3) is 4.62. The summed E-state index contributed by atoms with van der Waals surface area (Å²) in [7, 11) is 0. The highest BCUT2D eigenvalue weighted by Crippen LogP contribution is 2.35. The average Bonchev–Trinajstić information content (AvgIpc) is 3.33. The Morgan fingerprint density at radius 3 is 2.68 bits per heavy atom. The molecule has 0 bridgehead atoms.